The van der Waals surface area contributed by atoms with Crippen LogP contribution >= 0.6 is 0 Å². The third kappa shape index (κ3) is 3.27. The van der Waals surface area contributed by atoms with Crippen molar-refractivity contribution in [1.82, 2.24) is 9.78 Å². The van der Waals surface area contributed by atoms with E-state index >= 15 is 0 Å². The highest BCUT2D eigenvalue weighted by Crippen LogP contribution is 2.34. The Kier molecular flexibility index (Phi) is 4.33. The lowest BCUT2D eigenvalue weighted by molar-refractivity contribution is -0.125. The van der Waals surface area contributed by atoms with Gasteiger partial charge in [0.1, 0.15) is 17.6 Å². The first-order valence-corrected chi connectivity index (χ1v) is 8.53. The molecule has 1 aromatic heterocycles. The van der Waals surface area contributed by atoms with Crippen LogP contribution in [0.3, 0.4) is 0 Å². The molecule has 2 N–H and O–H groups in total. The molecule has 0 bridgehead atoms. The molecule has 0 aliphatic carbocycles. The number of hydrogen-bond acceptors (Lipinski definition) is 4. The van der Waals surface area contributed by atoms with Crippen LogP contribution in [0.2, 0.25) is 0 Å². The molecule has 0 fully saturated rings. The van der Waals surface area contributed by atoms with Gasteiger partial charge in [-0.05, 0) is 17.7 Å². The Bertz CT molecular complexity index is 997. The molecule has 1 aliphatic heterocycles. The first-order valence-electron chi connectivity index (χ1n) is 8.53. The maximum absolute atomic E-state index is 12.8. The zero-order valence-corrected chi connectivity index (χ0v) is 14.7. The number of carbonyl (C=O) groups is 2. The van der Waals surface area contributed by atoms with Gasteiger partial charge in [0.15, 0.2) is 0 Å². The molecule has 136 valence electrons. The van der Waals surface area contributed by atoms with Gasteiger partial charge in [0.05, 0.1) is 19.7 Å². The van der Waals surface area contributed by atoms with E-state index in [4.69, 9.17) is 4.74 Å². The molecule has 1 aliphatic rings. The van der Waals surface area contributed by atoms with Crippen molar-refractivity contribution in [1.29, 1.82) is 0 Å². The zero-order valence-electron chi connectivity index (χ0n) is 14.7. The average Bonchev–Trinajstić information content (AvgIpc) is 3.11. The zero-order chi connectivity index (χ0) is 18.8. The lowest BCUT2D eigenvalue weighted by Gasteiger charge is -2.24. The number of aromatic nitrogens is 2. The number of fused-ring (bicyclic) bond motifs is 1. The van der Waals surface area contributed by atoms with Crippen LogP contribution in [0, 0.1) is 0 Å². The van der Waals surface area contributed by atoms with E-state index in [2.05, 4.69) is 15.7 Å². The Labute approximate surface area is 156 Å². The highest BCUT2D eigenvalue weighted by atomic mass is 16.5. The van der Waals surface area contributed by atoms with Crippen molar-refractivity contribution >= 4 is 23.3 Å². The molecule has 2 heterocycles. The van der Waals surface area contributed by atoms with Gasteiger partial charge in [-0.2, -0.15) is 5.10 Å². The Morgan fingerprint density at radius 2 is 2.04 bits per heavy atom. The van der Waals surface area contributed by atoms with Crippen molar-refractivity contribution < 1.29 is 14.3 Å². The normalized spacial score (nSPS) is 15.6. The SMILES string of the molecule is COc1cccc(NC(=O)[C@H]2CC(=O)Nc3c(-c4ccccc4)cnn32)c1. The summed E-state index contributed by atoms with van der Waals surface area (Å²) in [6.07, 6.45) is 1.70. The first kappa shape index (κ1) is 16.8. The fourth-order valence-electron chi connectivity index (χ4n) is 3.13. The molecular formula is C20H18N4O3. The van der Waals surface area contributed by atoms with Crippen molar-refractivity contribution in [3.63, 3.8) is 0 Å². The van der Waals surface area contributed by atoms with Gasteiger partial charge in [-0.1, -0.05) is 36.4 Å². The Morgan fingerprint density at radius 3 is 2.81 bits per heavy atom. The minimum Gasteiger partial charge on any atom is -0.497 e. The third-order valence-electron chi connectivity index (χ3n) is 4.45. The number of ether oxygens (including phenoxy) is 1. The minimum absolute atomic E-state index is 0.0265. The number of nitrogens with one attached hydrogen (secondary N) is 2. The molecule has 0 spiro atoms. The number of nitrogens with zero attached hydrogens (tertiary/aromatic N) is 2. The largest absolute Gasteiger partial charge is 0.497 e. The fourth-order valence-corrected chi connectivity index (χ4v) is 3.13. The molecule has 0 saturated carbocycles. The number of carbonyl (C=O) groups excluding carboxylic acids is 2. The molecule has 7 nitrogen and oxygen atoms in total. The summed E-state index contributed by atoms with van der Waals surface area (Å²) in [7, 11) is 1.56. The molecule has 0 radical (unpaired) electrons. The highest BCUT2D eigenvalue weighted by Gasteiger charge is 2.33. The first-order chi connectivity index (χ1) is 13.2. The van der Waals surface area contributed by atoms with E-state index in [1.54, 1.807) is 42.3 Å². The van der Waals surface area contributed by atoms with Gasteiger partial charge in [-0.25, -0.2) is 4.68 Å². The van der Waals surface area contributed by atoms with E-state index in [0.717, 1.165) is 11.1 Å². The third-order valence-corrected chi connectivity index (χ3v) is 4.45. The smallest absolute Gasteiger partial charge is 0.249 e. The van der Waals surface area contributed by atoms with Crippen LogP contribution in [0.25, 0.3) is 11.1 Å². The predicted octanol–water partition coefficient (Wildman–Crippen LogP) is 3.08. The summed E-state index contributed by atoms with van der Waals surface area (Å²) in [4.78, 5) is 25.1. The Balaban J connectivity index is 1.64. The van der Waals surface area contributed by atoms with Crippen LogP contribution in [0.15, 0.2) is 60.8 Å². The highest BCUT2D eigenvalue weighted by molar-refractivity contribution is 6.03. The van der Waals surface area contributed by atoms with Gasteiger partial charge < -0.3 is 15.4 Å². The number of anilines is 2. The summed E-state index contributed by atoms with van der Waals surface area (Å²) in [5.41, 5.74) is 2.30. The molecule has 1 atom stereocenters. The van der Waals surface area contributed by atoms with Crippen LogP contribution in [-0.2, 0) is 9.59 Å². The van der Waals surface area contributed by atoms with Gasteiger partial charge >= 0.3 is 0 Å². The number of methoxy groups -OCH3 is 1. The second-order valence-corrected chi connectivity index (χ2v) is 6.21. The van der Waals surface area contributed by atoms with Gasteiger partial charge in [0, 0.05) is 17.3 Å². The topological polar surface area (TPSA) is 85.2 Å². The minimum atomic E-state index is -0.725. The lowest BCUT2D eigenvalue weighted by atomic mass is 10.1. The second kappa shape index (κ2) is 6.95. The summed E-state index contributed by atoms with van der Waals surface area (Å²) in [6.45, 7) is 0. The predicted molar refractivity (Wildman–Crippen MR) is 102 cm³/mol. The van der Waals surface area contributed by atoms with Gasteiger partial charge in [-0.15, -0.1) is 0 Å². The van der Waals surface area contributed by atoms with Crippen LogP contribution in [0.1, 0.15) is 12.5 Å². The number of hydrogen-bond donors (Lipinski definition) is 2. The van der Waals surface area contributed by atoms with Crippen LogP contribution in [0.4, 0.5) is 11.5 Å². The molecule has 7 heteroatoms. The van der Waals surface area contributed by atoms with Crippen molar-refractivity contribution in [3.05, 3.63) is 60.8 Å². The number of rotatable bonds is 4. The average molecular weight is 362 g/mol. The van der Waals surface area contributed by atoms with E-state index in [-0.39, 0.29) is 18.2 Å². The van der Waals surface area contributed by atoms with E-state index < -0.39 is 6.04 Å². The molecule has 3 aromatic rings. The maximum Gasteiger partial charge on any atom is 0.249 e. The molecule has 27 heavy (non-hydrogen) atoms. The van der Waals surface area contributed by atoms with Gasteiger partial charge in [0.2, 0.25) is 11.8 Å². The molecule has 2 amide bonds. The molecular weight excluding hydrogens is 344 g/mol. The van der Waals surface area contributed by atoms with Gasteiger partial charge in [0.25, 0.3) is 0 Å². The van der Waals surface area contributed by atoms with Gasteiger partial charge in [-0.3, -0.25) is 9.59 Å². The number of amides is 2. The Hall–Kier alpha value is -3.61. The van der Waals surface area contributed by atoms with Crippen LogP contribution in [0.5, 0.6) is 5.75 Å². The quantitative estimate of drug-likeness (QED) is 0.747. The summed E-state index contributed by atoms with van der Waals surface area (Å²) < 4.78 is 6.74. The van der Waals surface area contributed by atoms with Crippen LogP contribution < -0.4 is 15.4 Å². The second-order valence-electron chi connectivity index (χ2n) is 6.21. The lowest BCUT2D eigenvalue weighted by Crippen LogP contribution is -2.35. The van der Waals surface area contributed by atoms with E-state index in [9.17, 15) is 9.59 Å². The molecule has 2 aromatic carbocycles. The van der Waals surface area contributed by atoms with E-state index in [1.807, 2.05) is 30.3 Å². The molecule has 4 rings (SSSR count). The Morgan fingerprint density at radius 1 is 1.22 bits per heavy atom. The number of benzene rings is 2. The summed E-state index contributed by atoms with van der Waals surface area (Å²) in [6, 6.07) is 16.0. The summed E-state index contributed by atoms with van der Waals surface area (Å²) in [5, 5.41) is 10.0. The summed E-state index contributed by atoms with van der Waals surface area (Å²) >= 11 is 0. The maximum atomic E-state index is 12.8. The van der Waals surface area contributed by atoms with E-state index in [1.165, 1.54) is 0 Å². The summed E-state index contributed by atoms with van der Waals surface area (Å²) in [5.74, 6) is 0.650. The van der Waals surface area contributed by atoms with E-state index in [0.29, 0.717) is 17.3 Å². The molecule has 0 saturated heterocycles. The van der Waals surface area contributed by atoms with Crippen LogP contribution in [-0.4, -0.2) is 28.7 Å². The fraction of sp³-hybridized carbons (Fsp3) is 0.150. The van der Waals surface area contributed by atoms with Crippen molar-refractivity contribution in [2.24, 2.45) is 0 Å². The van der Waals surface area contributed by atoms with Crippen molar-refractivity contribution in [2.75, 3.05) is 17.7 Å². The molecule has 0 unspecified atom stereocenters. The van der Waals surface area contributed by atoms with Crippen molar-refractivity contribution in [3.8, 4) is 16.9 Å². The standard InChI is InChI=1S/C20H18N4O3/c1-27-15-9-5-8-14(10-15)22-20(26)17-11-18(25)23-19-16(12-21-24(17)19)13-6-3-2-4-7-13/h2-10,12,17H,11H2,1H3,(H,22,26)(H,23,25)/t17-/m1/s1. The van der Waals surface area contributed by atoms with Crippen molar-refractivity contribution in [2.45, 2.75) is 12.5 Å². The monoisotopic (exact) mass is 362 g/mol.